The first-order valence-corrected chi connectivity index (χ1v) is 11.4. The predicted molar refractivity (Wildman–Crippen MR) is 96.8 cm³/mol. The Balaban J connectivity index is 1.37. The quantitative estimate of drug-likeness (QED) is 0.713. The lowest BCUT2D eigenvalue weighted by molar-refractivity contribution is -0.142. The molecule has 0 bridgehead atoms. The number of hydrogen-bond donors (Lipinski definition) is 0. The van der Waals surface area contributed by atoms with Crippen LogP contribution >= 0.6 is 11.3 Å². The van der Waals surface area contributed by atoms with Crippen LogP contribution in [0, 0.1) is 11.8 Å². The van der Waals surface area contributed by atoms with Crippen molar-refractivity contribution in [2.45, 2.75) is 29.9 Å². The van der Waals surface area contributed by atoms with Crippen molar-refractivity contribution in [3.8, 4) is 0 Å². The minimum Gasteiger partial charge on any atom is -0.283 e. The number of likely N-dealkylation sites (tertiary alicyclic amines) is 1. The second-order valence-electron chi connectivity index (χ2n) is 7.20. The Morgan fingerprint density at radius 2 is 1.62 bits per heavy atom. The maximum absolute atomic E-state index is 12.6. The fraction of sp³-hybridized carbons (Fsp3) is 0.647. The number of fused-ring (bicyclic) bond motifs is 1. The third kappa shape index (κ3) is 3.11. The van der Waals surface area contributed by atoms with Crippen LogP contribution in [0.25, 0.3) is 0 Å². The van der Waals surface area contributed by atoms with Crippen molar-refractivity contribution in [3.63, 3.8) is 0 Å². The van der Waals surface area contributed by atoms with Crippen LogP contribution in [0.3, 0.4) is 0 Å². The van der Waals surface area contributed by atoms with Gasteiger partial charge in [-0.3, -0.25) is 19.4 Å². The van der Waals surface area contributed by atoms with Crippen molar-refractivity contribution in [2.24, 2.45) is 11.8 Å². The minimum atomic E-state index is -3.43. The van der Waals surface area contributed by atoms with E-state index in [1.54, 1.807) is 17.5 Å². The lowest BCUT2D eigenvalue weighted by Crippen LogP contribution is -2.52. The van der Waals surface area contributed by atoms with Gasteiger partial charge in [0.1, 0.15) is 4.21 Å². The van der Waals surface area contributed by atoms with E-state index in [4.69, 9.17) is 0 Å². The molecule has 2 atom stereocenters. The van der Waals surface area contributed by atoms with Gasteiger partial charge in [0.15, 0.2) is 0 Å². The van der Waals surface area contributed by atoms with Crippen LogP contribution in [0.5, 0.6) is 0 Å². The summed E-state index contributed by atoms with van der Waals surface area (Å²) in [5, 5.41) is 1.76. The molecule has 0 N–H and O–H groups in total. The molecule has 142 valence electrons. The van der Waals surface area contributed by atoms with Gasteiger partial charge in [0.2, 0.25) is 11.8 Å². The van der Waals surface area contributed by atoms with E-state index in [9.17, 15) is 18.0 Å². The molecule has 26 heavy (non-hydrogen) atoms. The third-order valence-corrected chi connectivity index (χ3v) is 8.97. The van der Waals surface area contributed by atoms with Crippen molar-refractivity contribution in [1.29, 1.82) is 0 Å². The molecule has 4 rings (SSSR count). The Labute approximate surface area is 157 Å². The largest absolute Gasteiger partial charge is 0.283 e. The first kappa shape index (κ1) is 18.1. The molecule has 3 aliphatic rings. The number of nitrogens with zero attached hydrogens (tertiary/aromatic N) is 3. The first-order valence-electron chi connectivity index (χ1n) is 9.10. The molecule has 9 heteroatoms. The number of piperazine rings is 1. The molecule has 2 saturated heterocycles. The Hall–Kier alpha value is -1.29. The average molecular weight is 398 g/mol. The molecule has 1 aromatic rings. The smallest absolute Gasteiger partial charge is 0.252 e. The molecule has 3 fully saturated rings. The number of imide groups is 1. The summed E-state index contributed by atoms with van der Waals surface area (Å²) in [6.07, 6.45) is 3.68. The maximum atomic E-state index is 12.6. The Morgan fingerprint density at radius 3 is 2.15 bits per heavy atom. The Bertz CT molecular complexity index is 761. The van der Waals surface area contributed by atoms with Crippen molar-refractivity contribution in [2.75, 3.05) is 32.8 Å². The summed E-state index contributed by atoms with van der Waals surface area (Å²) in [6.45, 7) is 2.10. The van der Waals surface area contributed by atoms with Gasteiger partial charge in [0.05, 0.1) is 18.5 Å². The monoisotopic (exact) mass is 397 g/mol. The van der Waals surface area contributed by atoms with Crippen LogP contribution in [-0.2, 0) is 19.6 Å². The van der Waals surface area contributed by atoms with Gasteiger partial charge in [-0.2, -0.15) is 4.31 Å². The third-order valence-electron chi connectivity index (χ3n) is 5.69. The van der Waals surface area contributed by atoms with E-state index in [1.807, 2.05) is 4.90 Å². The molecule has 2 aliphatic heterocycles. The fourth-order valence-electron chi connectivity index (χ4n) is 4.22. The molecule has 0 spiro atoms. The predicted octanol–water partition coefficient (Wildman–Crippen LogP) is 1.19. The summed E-state index contributed by atoms with van der Waals surface area (Å²) < 4.78 is 27.0. The summed E-state index contributed by atoms with van der Waals surface area (Å²) in [7, 11) is -3.43. The van der Waals surface area contributed by atoms with Gasteiger partial charge >= 0.3 is 0 Å². The Kier molecular flexibility index (Phi) is 4.89. The number of carbonyl (C=O) groups excluding carboxylic acids is 2. The number of hydrogen-bond acceptors (Lipinski definition) is 6. The first-order chi connectivity index (χ1) is 12.5. The highest BCUT2D eigenvalue weighted by molar-refractivity contribution is 7.91. The second kappa shape index (κ2) is 7.03. The zero-order valence-electron chi connectivity index (χ0n) is 14.5. The minimum absolute atomic E-state index is 0.0339. The number of thiophene rings is 1. The van der Waals surface area contributed by atoms with Crippen molar-refractivity contribution in [3.05, 3.63) is 17.5 Å². The molecule has 1 aromatic heterocycles. The summed E-state index contributed by atoms with van der Waals surface area (Å²) in [5.74, 6) is -0.324. The van der Waals surface area contributed by atoms with E-state index in [-0.39, 0.29) is 30.3 Å². The van der Waals surface area contributed by atoms with Crippen LogP contribution in [0.4, 0.5) is 0 Å². The van der Waals surface area contributed by atoms with Gasteiger partial charge in [-0.15, -0.1) is 11.3 Å². The lowest BCUT2D eigenvalue weighted by atomic mass is 9.81. The van der Waals surface area contributed by atoms with Crippen LogP contribution in [-0.4, -0.2) is 67.2 Å². The normalized spacial score (nSPS) is 28.5. The summed E-state index contributed by atoms with van der Waals surface area (Å²) in [5.41, 5.74) is 0. The fourth-order valence-corrected chi connectivity index (χ4v) is 6.79. The van der Waals surface area contributed by atoms with Crippen molar-refractivity contribution < 1.29 is 18.0 Å². The number of amides is 2. The number of carbonyl (C=O) groups is 2. The molecule has 3 heterocycles. The summed E-state index contributed by atoms with van der Waals surface area (Å²) in [4.78, 5) is 28.6. The molecular formula is C17H23N3O4S2. The highest BCUT2D eigenvalue weighted by atomic mass is 32.2. The van der Waals surface area contributed by atoms with E-state index >= 15 is 0 Å². The van der Waals surface area contributed by atoms with Crippen LogP contribution in [0.2, 0.25) is 0 Å². The highest BCUT2D eigenvalue weighted by Gasteiger charge is 2.48. The van der Waals surface area contributed by atoms with E-state index in [0.717, 1.165) is 25.7 Å². The molecular weight excluding hydrogens is 374 g/mol. The second-order valence-corrected chi connectivity index (χ2v) is 10.3. The number of rotatable bonds is 4. The van der Waals surface area contributed by atoms with Crippen LogP contribution in [0.1, 0.15) is 25.7 Å². The van der Waals surface area contributed by atoms with Crippen LogP contribution < -0.4 is 0 Å². The van der Waals surface area contributed by atoms with E-state index in [1.165, 1.54) is 20.5 Å². The van der Waals surface area contributed by atoms with E-state index in [0.29, 0.717) is 30.4 Å². The topological polar surface area (TPSA) is 78.0 Å². The molecule has 1 aliphatic carbocycles. The number of sulfonamides is 1. The highest BCUT2D eigenvalue weighted by Crippen LogP contribution is 2.38. The van der Waals surface area contributed by atoms with Gasteiger partial charge in [0, 0.05) is 26.2 Å². The van der Waals surface area contributed by atoms with Gasteiger partial charge < -0.3 is 0 Å². The standard InChI is InChI=1S/C17H23N3O4S2/c21-16-13-4-1-2-5-14(13)17(22)20(16)12-18-7-9-19(10-8-18)26(23,24)15-6-3-11-25-15/h3,6,11,13-14H,1-2,4-5,7-10,12H2/t13-,14-/m0/s1. The molecule has 7 nitrogen and oxygen atoms in total. The zero-order chi connectivity index (χ0) is 18.3. The maximum Gasteiger partial charge on any atom is 0.252 e. The molecule has 0 aromatic carbocycles. The molecule has 1 saturated carbocycles. The van der Waals surface area contributed by atoms with E-state index in [2.05, 4.69) is 0 Å². The van der Waals surface area contributed by atoms with Crippen LogP contribution in [0.15, 0.2) is 21.7 Å². The van der Waals surface area contributed by atoms with E-state index < -0.39 is 10.0 Å². The Morgan fingerprint density at radius 1 is 1.00 bits per heavy atom. The van der Waals surface area contributed by atoms with Crippen molar-refractivity contribution >= 4 is 33.2 Å². The zero-order valence-corrected chi connectivity index (χ0v) is 16.2. The summed E-state index contributed by atoms with van der Waals surface area (Å²) >= 11 is 1.22. The SMILES string of the molecule is O=C1[C@H]2CCCC[C@@H]2C(=O)N1CN1CCN(S(=O)(=O)c2cccs2)CC1. The van der Waals surface area contributed by atoms with Crippen molar-refractivity contribution in [1.82, 2.24) is 14.1 Å². The van der Waals surface area contributed by atoms with Gasteiger partial charge in [-0.1, -0.05) is 18.9 Å². The molecule has 2 amide bonds. The average Bonchev–Trinajstić information content (AvgIpc) is 3.27. The van der Waals surface area contributed by atoms with Gasteiger partial charge in [-0.25, -0.2) is 8.42 Å². The molecule has 0 unspecified atom stereocenters. The van der Waals surface area contributed by atoms with Gasteiger partial charge in [-0.05, 0) is 24.3 Å². The molecule has 0 radical (unpaired) electrons. The van der Waals surface area contributed by atoms with Gasteiger partial charge in [0.25, 0.3) is 10.0 Å². The lowest BCUT2D eigenvalue weighted by Gasteiger charge is -2.35. The summed E-state index contributed by atoms with van der Waals surface area (Å²) in [6, 6.07) is 3.35.